The number of piperazine rings is 1. The van der Waals surface area contributed by atoms with Gasteiger partial charge < -0.3 is 14.8 Å². The Morgan fingerprint density at radius 2 is 1.67 bits per heavy atom. The van der Waals surface area contributed by atoms with E-state index in [0.717, 1.165) is 40.3 Å². The van der Waals surface area contributed by atoms with Gasteiger partial charge in [-0.25, -0.2) is 0 Å². The number of benzene rings is 2. The van der Waals surface area contributed by atoms with Gasteiger partial charge in [0, 0.05) is 43.3 Å². The second kappa shape index (κ2) is 6.21. The van der Waals surface area contributed by atoms with Crippen LogP contribution in [0.25, 0.3) is 10.9 Å². The summed E-state index contributed by atoms with van der Waals surface area (Å²) in [7, 11) is 0. The molecular weight excluding hydrogens is 322 g/mol. The summed E-state index contributed by atoms with van der Waals surface area (Å²) < 4.78 is 0. The van der Waals surface area contributed by atoms with Crippen molar-refractivity contribution in [3.8, 4) is 0 Å². The lowest BCUT2D eigenvalue weighted by Gasteiger charge is -2.36. The quantitative estimate of drug-likeness (QED) is 0.771. The Morgan fingerprint density at radius 1 is 0.958 bits per heavy atom. The molecule has 24 heavy (non-hydrogen) atoms. The lowest BCUT2D eigenvalue weighted by atomic mass is 10.1. The molecule has 122 valence electrons. The van der Waals surface area contributed by atoms with Gasteiger partial charge in [0.25, 0.3) is 5.91 Å². The lowest BCUT2D eigenvalue weighted by molar-refractivity contribution is 0.0749. The molecule has 0 atom stereocenters. The van der Waals surface area contributed by atoms with Crippen molar-refractivity contribution in [2.75, 3.05) is 31.1 Å². The molecule has 1 N–H and O–H groups in total. The number of aromatic nitrogens is 1. The molecule has 0 aliphatic carbocycles. The fraction of sp³-hybridized carbons (Fsp3) is 0.211. The minimum absolute atomic E-state index is 0.0891. The zero-order valence-electron chi connectivity index (χ0n) is 13.2. The largest absolute Gasteiger partial charge is 0.367 e. The number of fused-ring (bicyclic) bond motifs is 1. The van der Waals surface area contributed by atoms with E-state index < -0.39 is 0 Å². The fourth-order valence-electron chi connectivity index (χ4n) is 3.28. The Kier molecular flexibility index (Phi) is 3.90. The molecule has 1 aliphatic heterocycles. The standard InChI is InChI=1S/C19H18ClN3O/c20-16-6-2-4-8-18(16)22-9-11-23(12-10-22)19(24)15-13-21-17-7-3-1-5-14(15)17/h1-8,13,21H,9-12H2. The monoisotopic (exact) mass is 339 g/mol. The highest BCUT2D eigenvalue weighted by Gasteiger charge is 2.24. The highest BCUT2D eigenvalue weighted by Crippen LogP contribution is 2.27. The molecule has 5 heteroatoms. The Balaban J connectivity index is 1.50. The van der Waals surface area contributed by atoms with Crippen molar-refractivity contribution in [3.63, 3.8) is 0 Å². The molecule has 0 spiro atoms. The van der Waals surface area contributed by atoms with Gasteiger partial charge in [-0.1, -0.05) is 41.9 Å². The van der Waals surface area contributed by atoms with Gasteiger partial charge in [0.15, 0.2) is 0 Å². The number of anilines is 1. The highest BCUT2D eigenvalue weighted by molar-refractivity contribution is 6.33. The van der Waals surface area contributed by atoms with E-state index in [-0.39, 0.29) is 5.91 Å². The summed E-state index contributed by atoms with van der Waals surface area (Å²) in [5, 5.41) is 1.74. The second-order valence-corrected chi connectivity index (χ2v) is 6.39. The van der Waals surface area contributed by atoms with Gasteiger partial charge in [-0.05, 0) is 18.2 Å². The van der Waals surface area contributed by atoms with E-state index in [1.807, 2.05) is 59.6 Å². The molecule has 4 nitrogen and oxygen atoms in total. The Labute approximate surface area is 145 Å². The van der Waals surface area contributed by atoms with Crippen LogP contribution in [-0.4, -0.2) is 42.0 Å². The van der Waals surface area contributed by atoms with Crippen LogP contribution in [0.4, 0.5) is 5.69 Å². The number of amides is 1. The molecule has 1 fully saturated rings. The van der Waals surface area contributed by atoms with Crippen LogP contribution in [0.5, 0.6) is 0 Å². The summed E-state index contributed by atoms with van der Waals surface area (Å²) in [5.74, 6) is 0.0891. The first-order chi connectivity index (χ1) is 11.7. The van der Waals surface area contributed by atoms with Gasteiger partial charge in [-0.15, -0.1) is 0 Å². The van der Waals surface area contributed by atoms with E-state index >= 15 is 0 Å². The predicted octanol–water partition coefficient (Wildman–Crippen LogP) is 3.78. The lowest BCUT2D eigenvalue weighted by Crippen LogP contribution is -2.48. The van der Waals surface area contributed by atoms with Crippen molar-refractivity contribution >= 4 is 34.1 Å². The number of nitrogens with one attached hydrogen (secondary N) is 1. The SMILES string of the molecule is O=C(c1c[nH]c2ccccc12)N1CCN(c2ccccc2Cl)CC1. The summed E-state index contributed by atoms with van der Waals surface area (Å²) in [5.41, 5.74) is 2.78. The fourth-order valence-corrected chi connectivity index (χ4v) is 3.53. The molecule has 3 aromatic rings. The first-order valence-electron chi connectivity index (χ1n) is 8.09. The van der Waals surface area contributed by atoms with E-state index in [9.17, 15) is 4.79 Å². The molecule has 0 radical (unpaired) electrons. The number of H-pyrrole nitrogens is 1. The number of carbonyl (C=O) groups excluding carboxylic acids is 1. The molecule has 1 aromatic heterocycles. The molecule has 1 saturated heterocycles. The molecule has 0 unspecified atom stereocenters. The van der Waals surface area contributed by atoms with Gasteiger partial charge >= 0.3 is 0 Å². The van der Waals surface area contributed by atoms with Crippen LogP contribution < -0.4 is 4.90 Å². The number of hydrogen-bond donors (Lipinski definition) is 1. The number of nitrogens with zero attached hydrogens (tertiary/aromatic N) is 2. The van der Waals surface area contributed by atoms with E-state index in [1.165, 1.54) is 0 Å². The maximum absolute atomic E-state index is 12.8. The Bertz CT molecular complexity index is 881. The highest BCUT2D eigenvalue weighted by atomic mass is 35.5. The van der Waals surface area contributed by atoms with Crippen LogP contribution in [0.1, 0.15) is 10.4 Å². The number of halogens is 1. The normalized spacial score (nSPS) is 15.0. The van der Waals surface area contributed by atoms with Crippen LogP contribution in [0, 0.1) is 0 Å². The zero-order valence-corrected chi connectivity index (χ0v) is 14.0. The third-order valence-electron chi connectivity index (χ3n) is 4.58. The molecule has 2 heterocycles. The van der Waals surface area contributed by atoms with Gasteiger partial charge in [0.2, 0.25) is 0 Å². The molecule has 1 amide bonds. The number of para-hydroxylation sites is 2. The van der Waals surface area contributed by atoms with Crippen LogP contribution in [0.15, 0.2) is 54.7 Å². The third kappa shape index (κ3) is 2.63. The molecule has 0 saturated carbocycles. The van der Waals surface area contributed by atoms with Crippen LogP contribution in [-0.2, 0) is 0 Å². The van der Waals surface area contributed by atoms with Crippen molar-refractivity contribution in [2.45, 2.75) is 0 Å². The van der Waals surface area contributed by atoms with Crippen molar-refractivity contribution in [3.05, 3.63) is 65.3 Å². The van der Waals surface area contributed by atoms with Gasteiger partial charge in [-0.3, -0.25) is 4.79 Å². The summed E-state index contributed by atoms with van der Waals surface area (Å²) >= 11 is 6.28. The summed E-state index contributed by atoms with van der Waals surface area (Å²) in [6, 6.07) is 15.8. The van der Waals surface area contributed by atoms with Crippen LogP contribution in [0.2, 0.25) is 5.02 Å². The number of carbonyl (C=O) groups is 1. The van der Waals surface area contributed by atoms with Crippen molar-refractivity contribution in [1.29, 1.82) is 0 Å². The average Bonchev–Trinajstić information content (AvgIpc) is 3.06. The van der Waals surface area contributed by atoms with E-state index in [2.05, 4.69) is 9.88 Å². The number of rotatable bonds is 2. The average molecular weight is 340 g/mol. The van der Waals surface area contributed by atoms with Crippen molar-refractivity contribution in [2.24, 2.45) is 0 Å². The van der Waals surface area contributed by atoms with Crippen molar-refractivity contribution in [1.82, 2.24) is 9.88 Å². The third-order valence-corrected chi connectivity index (χ3v) is 4.90. The molecule has 2 aromatic carbocycles. The van der Waals surface area contributed by atoms with Gasteiger partial charge in [0.05, 0.1) is 16.3 Å². The first kappa shape index (κ1) is 15.1. The Morgan fingerprint density at radius 3 is 2.46 bits per heavy atom. The Hall–Kier alpha value is -2.46. The minimum atomic E-state index is 0.0891. The second-order valence-electron chi connectivity index (χ2n) is 5.98. The topological polar surface area (TPSA) is 39.3 Å². The van der Waals surface area contributed by atoms with E-state index in [1.54, 1.807) is 0 Å². The zero-order chi connectivity index (χ0) is 16.5. The molecule has 0 bridgehead atoms. The van der Waals surface area contributed by atoms with E-state index in [4.69, 9.17) is 11.6 Å². The number of aromatic amines is 1. The summed E-state index contributed by atoms with van der Waals surface area (Å²) in [4.78, 5) is 20.2. The maximum Gasteiger partial charge on any atom is 0.256 e. The summed E-state index contributed by atoms with van der Waals surface area (Å²) in [6.45, 7) is 2.97. The smallest absolute Gasteiger partial charge is 0.256 e. The van der Waals surface area contributed by atoms with Gasteiger partial charge in [-0.2, -0.15) is 0 Å². The van der Waals surface area contributed by atoms with Gasteiger partial charge in [0.1, 0.15) is 0 Å². The van der Waals surface area contributed by atoms with Crippen LogP contribution >= 0.6 is 11.6 Å². The summed E-state index contributed by atoms with van der Waals surface area (Å²) in [6.07, 6.45) is 1.81. The molecule has 1 aliphatic rings. The number of hydrogen-bond acceptors (Lipinski definition) is 2. The predicted molar refractivity (Wildman–Crippen MR) is 97.9 cm³/mol. The first-order valence-corrected chi connectivity index (χ1v) is 8.47. The van der Waals surface area contributed by atoms with Crippen LogP contribution in [0.3, 0.4) is 0 Å². The van der Waals surface area contributed by atoms with E-state index in [0.29, 0.717) is 13.1 Å². The van der Waals surface area contributed by atoms with Crippen molar-refractivity contribution < 1.29 is 4.79 Å². The minimum Gasteiger partial charge on any atom is -0.367 e. The maximum atomic E-state index is 12.8. The molecule has 4 rings (SSSR count). The molecular formula is C19H18ClN3O.